The number of amidine groups is 1. The van der Waals surface area contributed by atoms with Crippen molar-refractivity contribution in [1.29, 1.82) is 5.26 Å². The number of furan rings is 1. The summed E-state index contributed by atoms with van der Waals surface area (Å²) >= 11 is 7.33. The quantitative estimate of drug-likeness (QED) is 0.488. The fourth-order valence-electron chi connectivity index (χ4n) is 3.55. The van der Waals surface area contributed by atoms with Crippen LogP contribution in [0.1, 0.15) is 11.3 Å². The second-order valence-electron chi connectivity index (χ2n) is 7.38. The van der Waals surface area contributed by atoms with Gasteiger partial charge in [-0.2, -0.15) is 5.26 Å². The number of halogens is 1. The van der Waals surface area contributed by atoms with Gasteiger partial charge in [0.1, 0.15) is 17.4 Å². The van der Waals surface area contributed by atoms with Crippen LogP contribution in [-0.2, 0) is 27.7 Å². The summed E-state index contributed by atoms with van der Waals surface area (Å²) in [6.45, 7) is 0.598. The number of nitriles is 1. The van der Waals surface area contributed by atoms with Crippen LogP contribution < -0.4 is 5.32 Å². The van der Waals surface area contributed by atoms with Gasteiger partial charge in [0, 0.05) is 16.8 Å². The van der Waals surface area contributed by atoms with Crippen LogP contribution in [0.4, 0.5) is 0 Å². The van der Waals surface area contributed by atoms with E-state index in [9.17, 15) is 18.5 Å². The van der Waals surface area contributed by atoms with E-state index in [1.165, 1.54) is 24.2 Å². The number of fused-ring (bicyclic) bond motifs is 1. The SMILES string of the molecule is N#CC(=CN=C1SC2CS(=O)(=O)CC2N1Cc1ccc(Cl)cc1)C(=O)NCc1ccco1. The van der Waals surface area contributed by atoms with Gasteiger partial charge in [-0.05, 0) is 29.8 Å². The highest BCUT2D eigenvalue weighted by atomic mass is 35.5. The third-order valence-electron chi connectivity index (χ3n) is 5.11. The summed E-state index contributed by atoms with van der Waals surface area (Å²) in [6, 6.07) is 12.4. The molecular formula is C21H19ClN4O4S2. The molecule has 0 spiro atoms. The summed E-state index contributed by atoms with van der Waals surface area (Å²) in [7, 11) is -3.12. The van der Waals surface area contributed by atoms with E-state index in [2.05, 4.69) is 10.3 Å². The largest absolute Gasteiger partial charge is 0.467 e. The van der Waals surface area contributed by atoms with E-state index in [-0.39, 0.29) is 34.9 Å². The number of benzene rings is 1. The zero-order chi connectivity index (χ0) is 22.7. The molecule has 2 aliphatic rings. The van der Waals surface area contributed by atoms with Gasteiger partial charge < -0.3 is 14.6 Å². The number of sulfone groups is 1. The third-order valence-corrected chi connectivity index (χ3v) is 8.63. The van der Waals surface area contributed by atoms with Crippen molar-refractivity contribution in [3.05, 3.63) is 70.8 Å². The molecule has 11 heteroatoms. The normalized spacial score (nSPS) is 23.2. The lowest BCUT2D eigenvalue weighted by atomic mass is 10.1. The Bertz CT molecular complexity index is 1200. The molecule has 4 rings (SSSR count). The Morgan fingerprint density at radius 2 is 2.12 bits per heavy atom. The number of amides is 1. The lowest BCUT2D eigenvalue weighted by Crippen LogP contribution is -2.36. The predicted octanol–water partition coefficient (Wildman–Crippen LogP) is 2.73. The van der Waals surface area contributed by atoms with Crippen LogP contribution in [0.15, 0.2) is 63.8 Å². The number of rotatable bonds is 6. The molecule has 2 atom stereocenters. The summed E-state index contributed by atoms with van der Waals surface area (Å²) in [6.07, 6.45) is 2.72. The first-order valence-electron chi connectivity index (χ1n) is 9.71. The number of nitrogens with zero attached hydrogens (tertiary/aromatic N) is 3. The van der Waals surface area contributed by atoms with Crippen molar-refractivity contribution in [2.24, 2.45) is 4.99 Å². The minimum absolute atomic E-state index is 0.0513. The highest BCUT2D eigenvalue weighted by Crippen LogP contribution is 2.39. The van der Waals surface area contributed by atoms with Crippen molar-refractivity contribution in [2.45, 2.75) is 24.4 Å². The number of carbonyl (C=O) groups is 1. The van der Waals surface area contributed by atoms with Crippen LogP contribution in [0, 0.1) is 11.3 Å². The van der Waals surface area contributed by atoms with Crippen LogP contribution in [0.2, 0.25) is 5.02 Å². The van der Waals surface area contributed by atoms with E-state index < -0.39 is 15.7 Å². The molecule has 32 heavy (non-hydrogen) atoms. The predicted molar refractivity (Wildman–Crippen MR) is 123 cm³/mol. The van der Waals surface area contributed by atoms with Gasteiger partial charge in [-0.15, -0.1) is 0 Å². The second-order valence-corrected chi connectivity index (χ2v) is 11.2. The van der Waals surface area contributed by atoms with E-state index in [0.717, 1.165) is 5.56 Å². The maximum Gasteiger partial charge on any atom is 0.263 e. The standard InChI is InChI=1S/C21H19ClN4O4S2/c22-16-5-3-14(4-6-16)11-26-18-12-32(28,29)13-19(18)31-21(26)25-9-15(8-23)20(27)24-10-17-2-1-7-30-17/h1-7,9,18-19H,10-13H2,(H,24,27). The van der Waals surface area contributed by atoms with Crippen LogP contribution in [0.3, 0.4) is 0 Å². The summed E-state index contributed by atoms with van der Waals surface area (Å²) in [5, 5.41) is 13.1. The van der Waals surface area contributed by atoms with Gasteiger partial charge in [-0.25, -0.2) is 13.4 Å². The van der Waals surface area contributed by atoms with E-state index in [0.29, 0.717) is 22.5 Å². The Labute approximate surface area is 194 Å². The Morgan fingerprint density at radius 1 is 1.34 bits per heavy atom. The topological polar surface area (TPSA) is 116 Å². The molecule has 0 bridgehead atoms. The van der Waals surface area contributed by atoms with Crippen molar-refractivity contribution in [2.75, 3.05) is 11.5 Å². The van der Waals surface area contributed by atoms with Gasteiger partial charge >= 0.3 is 0 Å². The fraction of sp³-hybridized carbons (Fsp3) is 0.286. The molecule has 0 radical (unpaired) electrons. The van der Waals surface area contributed by atoms with Crippen molar-refractivity contribution in [1.82, 2.24) is 10.2 Å². The molecule has 2 saturated heterocycles. The van der Waals surface area contributed by atoms with Gasteiger partial charge in [0.15, 0.2) is 15.0 Å². The molecule has 1 amide bonds. The minimum Gasteiger partial charge on any atom is -0.467 e. The van der Waals surface area contributed by atoms with E-state index >= 15 is 0 Å². The van der Waals surface area contributed by atoms with E-state index in [1.54, 1.807) is 24.3 Å². The Balaban J connectivity index is 1.54. The first kappa shape index (κ1) is 22.5. The molecule has 2 unspecified atom stereocenters. The summed E-state index contributed by atoms with van der Waals surface area (Å²) in [5.74, 6) is 0.131. The zero-order valence-corrected chi connectivity index (χ0v) is 19.2. The number of hydrogen-bond acceptors (Lipinski definition) is 7. The molecule has 2 aromatic rings. The van der Waals surface area contributed by atoms with Crippen molar-refractivity contribution >= 4 is 44.3 Å². The lowest BCUT2D eigenvalue weighted by Gasteiger charge is -2.24. The number of hydrogen-bond donors (Lipinski definition) is 1. The van der Waals surface area contributed by atoms with Crippen molar-refractivity contribution in [3.8, 4) is 6.07 Å². The smallest absolute Gasteiger partial charge is 0.263 e. The monoisotopic (exact) mass is 490 g/mol. The van der Waals surface area contributed by atoms with Gasteiger partial charge in [0.25, 0.3) is 5.91 Å². The Kier molecular flexibility index (Phi) is 6.60. The summed E-state index contributed by atoms with van der Waals surface area (Å²) in [5.41, 5.74) is 0.800. The second kappa shape index (κ2) is 9.40. The molecule has 1 aromatic carbocycles. The highest BCUT2D eigenvalue weighted by Gasteiger charge is 2.48. The first-order chi connectivity index (χ1) is 15.3. The average molecular weight is 491 g/mol. The molecule has 2 fully saturated rings. The molecule has 0 aliphatic carbocycles. The van der Waals surface area contributed by atoms with Gasteiger partial charge in [0.05, 0.1) is 36.6 Å². The van der Waals surface area contributed by atoms with Gasteiger partial charge in [-0.1, -0.05) is 35.5 Å². The molecule has 1 N–H and O–H groups in total. The maximum absolute atomic E-state index is 12.3. The first-order valence-corrected chi connectivity index (χ1v) is 12.8. The molecule has 0 saturated carbocycles. The number of carbonyl (C=O) groups excluding carboxylic acids is 1. The molecule has 3 heterocycles. The molecule has 1 aromatic heterocycles. The lowest BCUT2D eigenvalue weighted by molar-refractivity contribution is -0.117. The Morgan fingerprint density at radius 3 is 2.81 bits per heavy atom. The zero-order valence-electron chi connectivity index (χ0n) is 16.8. The molecule has 166 valence electrons. The van der Waals surface area contributed by atoms with Crippen LogP contribution in [0.5, 0.6) is 0 Å². The summed E-state index contributed by atoms with van der Waals surface area (Å²) in [4.78, 5) is 18.7. The average Bonchev–Trinajstić information content (AvgIpc) is 3.45. The molecular weight excluding hydrogens is 472 g/mol. The maximum atomic E-state index is 12.3. The van der Waals surface area contributed by atoms with E-state index in [4.69, 9.17) is 16.0 Å². The van der Waals surface area contributed by atoms with Crippen LogP contribution in [-0.4, -0.2) is 47.2 Å². The fourth-order valence-corrected chi connectivity index (χ4v) is 7.61. The van der Waals surface area contributed by atoms with Crippen LogP contribution in [0.25, 0.3) is 0 Å². The number of thioether (sulfide) groups is 1. The van der Waals surface area contributed by atoms with Crippen molar-refractivity contribution < 1.29 is 17.6 Å². The van der Waals surface area contributed by atoms with Crippen molar-refractivity contribution in [3.63, 3.8) is 0 Å². The highest BCUT2D eigenvalue weighted by molar-refractivity contribution is 8.15. The van der Waals surface area contributed by atoms with Gasteiger partial charge in [0.2, 0.25) is 0 Å². The summed E-state index contributed by atoms with van der Waals surface area (Å²) < 4.78 is 29.5. The number of aliphatic imine (C=N–C) groups is 1. The number of nitrogens with one attached hydrogen (secondary N) is 1. The van der Waals surface area contributed by atoms with E-state index in [1.807, 2.05) is 23.1 Å². The van der Waals surface area contributed by atoms with Crippen LogP contribution >= 0.6 is 23.4 Å². The Hall–Kier alpha value is -2.74. The third kappa shape index (κ3) is 5.18. The molecule has 2 aliphatic heterocycles. The molecule has 8 nitrogen and oxygen atoms in total. The minimum atomic E-state index is -3.12. The van der Waals surface area contributed by atoms with Gasteiger partial charge in [-0.3, -0.25) is 4.79 Å².